The van der Waals surface area contributed by atoms with Crippen molar-refractivity contribution in [2.24, 2.45) is 5.92 Å². The van der Waals surface area contributed by atoms with Gasteiger partial charge in [-0.2, -0.15) is 0 Å². The van der Waals surface area contributed by atoms with Gasteiger partial charge in [0.05, 0.1) is 6.04 Å². The van der Waals surface area contributed by atoms with Crippen LogP contribution in [0.1, 0.15) is 45.2 Å². The Morgan fingerprint density at radius 1 is 1.19 bits per heavy atom. The van der Waals surface area contributed by atoms with Gasteiger partial charge in [-0.05, 0) is 24.0 Å². The smallest absolute Gasteiger partial charge is 0.247 e. The molecule has 114 valence electrons. The van der Waals surface area contributed by atoms with E-state index in [1.807, 2.05) is 25.1 Å². The molecule has 3 nitrogen and oxygen atoms in total. The molecule has 0 spiro atoms. The van der Waals surface area contributed by atoms with Crippen LogP contribution in [0.3, 0.4) is 0 Å². The molecule has 1 atom stereocenters. The highest BCUT2D eigenvalue weighted by atomic mass is 16.1. The Hall–Kier alpha value is -1.61. The monoisotopic (exact) mass is 286 g/mol. The van der Waals surface area contributed by atoms with Crippen LogP contribution in [0.4, 0.5) is 0 Å². The fourth-order valence-corrected chi connectivity index (χ4v) is 2.82. The lowest BCUT2D eigenvalue weighted by Gasteiger charge is -2.28. The van der Waals surface area contributed by atoms with E-state index in [4.69, 9.17) is 0 Å². The van der Waals surface area contributed by atoms with Gasteiger partial charge in [-0.1, -0.05) is 57.0 Å². The Kier molecular flexibility index (Phi) is 5.57. The number of hydrogen-bond acceptors (Lipinski definition) is 2. The summed E-state index contributed by atoms with van der Waals surface area (Å²) in [6.45, 7) is 8.01. The second-order valence-corrected chi connectivity index (χ2v) is 5.77. The molecule has 1 amide bonds. The third kappa shape index (κ3) is 3.73. The van der Waals surface area contributed by atoms with E-state index in [9.17, 15) is 4.79 Å². The van der Waals surface area contributed by atoms with Crippen molar-refractivity contribution < 1.29 is 4.79 Å². The van der Waals surface area contributed by atoms with E-state index in [-0.39, 0.29) is 11.9 Å². The molecule has 1 heterocycles. The third-order valence-corrected chi connectivity index (χ3v) is 4.51. The number of carbonyl (C=O) groups is 1. The van der Waals surface area contributed by atoms with Crippen LogP contribution in [-0.4, -0.2) is 19.0 Å². The van der Waals surface area contributed by atoms with E-state index in [0.717, 1.165) is 31.5 Å². The maximum Gasteiger partial charge on any atom is 0.247 e. The molecule has 1 aliphatic rings. The highest BCUT2D eigenvalue weighted by Crippen LogP contribution is 2.27. The fourth-order valence-electron chi connectivity index (χ4n) is 2.82. The first-order chi connectivity index (χ1) is 10.2. The van der Waals surface area contributed by atoms with Crippen LogP contribution in [-0.2, 0) is 4.79 Å². The molecule has 21 heavy (non-hydrogen) atoms. The van der Waals surface area contributed by atoms with E-state index in [0.29, 0.717) is 5.92 Å². The summed E-state index contributed by atoms with van der Waals surface area (Å²) in [4.78, 5) is 12.5. The SMILES string of the molecule is CCC(CC)C(NC(=O)C(C)=C1CNC1)c1ccccc1. The number of benzene rings is 1. The molecule has 0 saturated carbocycles. The largest absolute Gasteiger partial charge is 0.345 e. The van der Waals surface area contributed by atoms with Crippen molar-refractivity contribution in [2.75, 3.05) is 13.1 Å². The molecule has 0 aromatic heterocycles. The van der Waals surface area contributed by atoms with E-state index >= 15 is 0 Å². The van der Waals surface area contributed by atoms with Gasteiger partial charge in [0.1, 0.15) is 0 Å². The summed E-state index contributed by atoms with van der Waals surface area (Å²) < 4.78 is 0. The second-order valence-electron chi connectivity index (χ2n) is 5.77. The average molecular weight is 286 g/mol. The first-order valence-corrected chi connectivity index (χ1v) is 7.92. The normalized spacial score (nSPS) is 15.5. The number of nitrogens with one attached hydrogen (secondary N) is 2. The van der Waals surface area contributed by atoms with Gasteiger partial charge in [0.15, 0.2) is 0 Å². The number of rotatable bonds is 6. The minimum absolute atomic E-state index is 0.0762. The zero-order chi connectivity index (χ0) is 15.2. The zero-order valence-electron chi connectivity index (χ0n) is 13.3. The third-order valence-electron chi connectivity index (χ3n) is 4.51. The topological polar surface area (TPSA) is 41.1 Å². The van der Waals surface area contributed by atoms with Gasteiger partial charge in [0.25, 0.3) is 0 Å². The minimum atomic E-state index is 0.0762. The Morgan fingerprint density at radius 3 is 2.29 bits per heavy atom. The molecular weight excluding hydrogens is 260 g/mol. The second kappa shape index (κ2) is 7.41. The first-order valence-electron chi connectivity index (χ1n) is 7.92. The molecule has 1 saturated heterocycles. The molecule has 0 aliphatic carbocycles. The molecule has 1 fully saturated rings. The van der Waals surface area contributed by atoms with E-state index < -0.39 is 0 Å². The van der Waals surface area contributed by atoms with Crippen LogP contribution >= 0.6 is 0 Å². The molecule has 1 aromatic carbocycles. The van der Waals surface area contributed by atoms with Crippen LogP contribution in [0.5, 0.6) is 0 Å². The van der Waals surface area contributed by atoms with E-state index in [1.165, 1.54) is 11.1 Å². The van der Waals surface area contributed by atoms with Crippen molar-refractivity contribution in [1.82, 2.24) is 10.6 Å². The summed E-state index contributed by atoms with van der Waals surface area (Å²) in [5.41, 5.74) is 3.30. The summed E-state index contributed by atoms with van der Waals surface area (Å²) in [5.74, 6) is 0.543. The molecule has 1 aromatic rings. The van der Waals surface area contributed by atoms with Crippen molar-refractivity contribution in [1.29, 1.82) is 0 Å². The summed E-state index contributed by atoms with van der Waals surface area (Å²) >= 11 is 0. The van der Waals surface area contributed by atoms with Gasteiger partial charge in [0, 0.05) is 18.7 Å². The van der Waals surface area contributed by atoms with Crippen LogP contribution in [0.15, 0.2) is 41.5 Å². The Morgan fingerprint density at radius 2 is 1.81 bits per heavy atom. The molecular formula is C18H26N2O. The van der Waals surface area contributed by atoms with Crippen LogP contribution in [0.2, 0.25) is 0 Å². The van der Waals surface area contributed by atoms with Crippen molar-refractivity contribution in [3.63, 3.8) is 0 Å². The quantitative estimate of drug-likeness (QED) is 0.789. The lowest BCUT2D eigenvalue weighted by Crippen LogP contribution is -2.39. The standard InChI is InChI=1S/C18H26N2O/c1-4-14(5-2)17(15-9-7-6-8-10-15)20-18(21)13(3)16-11-19-12-16/h6-10,14,17,19H,4-5,11-12H2,1-3H3,(H,20,21). The number of amides is 1. The van der Waals surface area contributed by atoms with Gasteiger partial charge in [-0.3, -0.25) is 4.79 Å². The maximum absolute atomic E-state index is 12.5. The predicted molar refractivity (Wildman–Crippen MR) is 87.0 cm³/mol. The fraction of sp³-hybridized carbons (Fsp3) is 0.500. The molecule has 3 heteroatoms. The van der Waals surface area contributed by atoms with Gasteiger partial charge < -0.3 is 10.6 Å². The predicted octanol–water partition coefficient (Wildman–Crippen LogP) is 3.20. The summed E-state index contributed by atoms with van der Waals surface area (Å²) in [6.07, 6.45) is 2.13. The van der Waals surface area contributed by atoms with Crippen LogP contribution in [0, 0.1) is 5.92 Å². The lowest BCUT2D eigenvalue weighted by molar-refractivity contribution is -0.118. The van der Waals surface area contributed by atoms with Crippen LogP contribution < -0.4 is 10.6 Å². The Balaban J connectivity index is 2.18. The van der Waals surface area contributed by atoms with Crippen LogP contribution in [0.25, 0.3) is 0 Å². The summed E-state index contributed by atoms with van der Waals surface area (Å²) in [6, 6.07) is 10.4. The molecule has 2 N–H and O–H groups in total. The van der Waals surface area contributed by atoms with Gasteiger partial charge in [0.2, 0.25) is 5.91 Å². The zero-order valence-corrected chi connectivity index (χ0v) is 13.3. The number of hydrogen-bond donors (Lipinski definition) is 2. The maximum atomic E-state index is 12.5. The highest BCUT2D eigenvalue weighted by molar-refractivity contribution is 5.94. The summed E-state index contributed by atoms with van der Waals surface area (Å²) in [5, 5.41) is 6.45. The van der Waals surface area contributed by atoms with Crippen molar-refractivity contribution in [3.05, 3.63) is 47.0 Å². The summed E-state index contributed by atoms with van der Waals surface area (Å²) in [7, 11) is 0. The molecule has 1 aliphatic heterocycles. The Bertz CT molecular complexity index is 497. The van der Waals surface area contributed by atoms with E-state index in [1.54, 1.807) is 0 Å². The highest BCUT2D eigenvalue weighted by Gasteiger charge is 2.24. The molecule has 1 unspecified atom stereocenters. The van der Waals surface area contributed by atoms with Crippen molar-refractivity contribution >= 4 is 5.91 Å². The van der Waals surface area contributed by atoms with E-state index in [2.05, 4.69) is 36.6 Å². The molecule has 0 radical (unpaired) electrons. The molecule has 0 bridgehead atoms. The van der Waals surface area contributed by atoms with Gasteiger partial charge >= 0.3 is 0 Å². The van der Waals surface area contributed by atoms with Crippen molar-refractivity contribution in [2.45, 2.75) is 39.7 Å². The minimum Gasteiger partial charge on any atom is -0.345 e. The van der Waals surface area contributed by atoms with Gasteiger partial charge in [-0.25, -0.2) is 0 Å². The average Bonchev–Trinajstić information content (AvgIpc) is 2.46. The number of carbonyl (C=O) groups excluding carboxylic acids is 1. The Labute approximate surface area is 127 Å². The van der Waals surface area contributed by atoms with Crippen molar-refractivity contribution in [3.8, 4) is 0 Å². The lowest BCUT2D eigenvalue weighted by atomic mass is 9.88. The first kappa shape index (κ1) is 15.8. The van der Waals surface area contributed by atoms with Gasteiger partial charge in [-0.15, -0.1) is 0 Å². The molecule has 2 rings (SSSR count).